The molecule has 0 saturated carbocycles. The zero-order valence-electron chi connectivity index (χ0n) is 16.6. The molecular formula is C20H40O4S. The Morgan fingerprint density at radius 3 is 1.80 bits per heavy atom. The summed E-state index contributed by atoms with van der Waals surface area (Å²) >= 11 is 1.55. The van der Waals surface area contributed by atoms with Crippen molar-refractivity contribution in [3.63, 3.8) is 0 Å². The van der Waals surface area contributed by atoms with E-state index < -0.39 is 5.44 Å². The summed E-state index contributed by atoms with van der Waals surface area (Å²) in [7, 11) is 0. The van der Waals surface area contributed by atoms with E-state index in [1.807, 2.05) is 0 Å². The lowest BCUT2D eigenvalue weighted by molar-refractivity contribution is -0.0971. The molecule has 1 fully saturated rings. The summed E-state index contributed by atoms with van der Waals surface area (Å²) < 4.78 is 18.0. The van der Waals surface area contributed by atoms with Gasteiger partial charge in [0.1, 0.15) is 17.6 Å². The van der Waals surface area contributed by atoms with E-state index in [-0.39, 0.29) is 17.5 Å². The molecular weight excluding hydrogens is 336 g/mol. The van der Waals surface area contributed by atoms with Crippen LogP contribution in [-0.4, -0.2) is 54.4 Å². The van der Waals surface area contributed by atoms with Crippen LogP contribution in [0.25, 0.3) is 0 Å². The average molecular weight is 377 g/mol. The van der Waals surface area contributed by atoms with E-state index in [4.69, 9.17) is 14.2 Å². The van der Waals surface area contributed by atoms with Crippen LogP contribution >= 0.6 is 11.8 Å². The quantitative estimate of drug-likeness (QED) is 0.393. The van der Waals surface area contributed by atoms with Gasteiger partial charge < -0.3 is 19.3 Å². The summed E-state index contributed by atoms with van der Waals surface area (Å²) in [6, 6.07) is 0. The number of hydrogen-bond donors (Lipinski definition) is 1. The average Bonchev–Trinajstić information content (AvgIpc) is 2.90. The van der Waals surface area contributed by atoms with E-state index in [9.17, 15) is 5.11 Å². The van der Waals surface area contributed by atoms with Gasteiger partial charge in [-0.2, -0.15) is 0 Å². The number of hydrogen-bond acceptors (Lipinski definition) is 5. The van der Waals surface area contributed by atoms with Crippen molar-refractivity contribution in [2.24, 2.45) is 0 Å². The van der Waals surface area contributed by atoms with Crippen molar-refractivity contribution in [1.29, 1.82) is 0 Å². The molecule has 0 radical (unpaired) electrons. The Morgan fingerprint density at radius 1 is 0.720 bits per heavy atom. The molecule has 0 aromatic carbocycles. The monoisotopic (exact) mass is 376 g/mol. The number of rotatable bonds is 16. The molecule has 25 heavy (non-hydrogen) atoms. The molecule has 0 amide bonds. The van der Waals surface area contributed by atoms with Crippen molar-refractivity contribution in [3.05, 3.63) is 0 Å². The van der Waals surface area contributed by atoms with Gasteiger partial charge in [0.15, 0.2) is 0 Å². The van der Waals surface area contributed by atoms with Crippen LogP contribution in [0.4, 0.5) is 0 Å². The van der Waals surface area contributed by atoms with Crippen LogP contribution in [0.1, 0.15) is 78.6 Å². The molecule has 4 atom stereocenters. The Kier molecular flexibility index (Phi) is 14.2. The highest BCUT2D eigenvalue weighted by Crippen LogP contribution is 2.37. The molecule has 150 valence electrons. The summed E-state index contributed by atoms with van der Waals surface area (Å²) in [4.78, 5) is 0. The van der Waals surface area contributed by atoms with E-state index in [2.05, 4.69) is 20.8 Å². The lowest BCUT2D eigenvalue weighted by Gasteiger charge is -2.25. The Bertz CT molecular complexity index is 303. The van der Waals surface area contributed by atoms with Crippen molar-refractivity contribution in [1.82, 2.24) is 0 Å². The van der Waals surface area contributed by atoms with Crippen molar-refractivity contribution in [2.45, 2.75) is 101 Å². The fraction of sp³-hybridized carbons (Fsp3) is 1.00. The zero-order chi connectivity index (χ0) is 18.3. The first-order chi connectivity index (χ1) is 12.2. The standard InChI is InChI=1S/C20H40O4S/c1-4-7-10-13-22-16-17-18(23-14-11-8-5-2)19(20(21)25-17)24-15-12-9-6-3/h17-21H,4-16H2,1-3H3/t17-,18-,19+,20?/m0/s1. The van der Waals surface area contributed by atoms with E-state index in [1.165, 1.54) is 38.5 Å². The molecule has 1 heterocycles. The lowest BCUT2D eigenvalue weighted by atomic mass is 10.1. The maximum Gasteiger partial charge on any atom is 0.128 e. The first-order valence-electron chi connectivity index (χ1n) is 10.4. The van der Waals surface area contributed by atoms with Crippen molar-refractivity contribution >= 4 is 11.8 Å². The van der Waals surface area contributed by atoms with Crippen LogP contribution < -0.4 is 0 Å². The highest BCUT2D eigenvalue weighted by atomic mass is 32.2. The maximum absolute atomic E-state index is 10.4. The highest BCUT2D eigenvalue weighted by Gasteiger charge is 2.45. The van der Waals surface area contributed by atoms with Gasteiger partial charge in [0, 0.05) is 19.8 Å². The van der Waals surface area contributed by atoms with Gasteiger partial charge in [-0.25, -0.2) is 0 Å². The lowest BCUT2D eigenvalue weighted by Crippen LogP contribution is -2.39. The second-order valence-electron chi connectivity index (χ2n) is 6.93. The number of unbranched alkanes of at least 4 members (excludes halogenated alkanes) is 6. The van der Waals surface area contributed by atoms with Crippen LogP contribution in [0.15, 0.2) is 0 Å². The number of aliphatic hydroxyl groups excluding tert-OH is 1. The van der Waals surface area contributed by atoms with Gasteiger partial charge in [0.05, 0.1) is 11.9 Å². The Morgan fingerprint density at radius 2 is 1.24 bits per heavy atom. The van der Waals surface area contributed by atoms with Crippen LogP contribution in [-0.2, 0) is 14.2 Å². The molecule has 0 spiro atoms. The van der Waals surface area contributed by atoms with Gasteiger partial charge in [0.2, 0.25) is 0 Å². The molecule has 1 rings (SSSR count). The summed E-state index contributed by atoms with van der Waals surface area (Å²) in [5.74, 6) is 0. The molecule has 0 aromatic heterocycles. The molecule has 0 bridgehead atoms. The van der Waals surface area contributed by atoms with Crippen LogP contribution in [0.3, 0.4) is 0 Å². The highest BCUT2D eigenvalue weighted by molar-refractivity contribution is 8.00. The first kappa shape index (κ1) is 23.2. The van der Waals surface area contributed by atoms with Gasteiger partial charge in [-0.3, -0.25) is 0 Å². The Balaban J connectivity index is 2.45. The minimum Gasteiger partial charge on any atom is -0.380 e. The number of aliphatic hydroxyl groups is 1. The smallest absolute Gasteiger partial charge is 0.128 e. The van der Waals surface area contributed by atoms with Crippen LogP contribution in [0.5, 0.6) is 0 Å². The third-order valence-electron chi connectivity index (χ3n) is 4.58. The summed E-state index contributed by atoms with van der Waals surface area (Å²) in [6.45, 7) is 9.46. The SMILES string of the molecule is CCCCCOC[C@@H]1SC(O)[C@H](OCCCCC)[C@H]1OCCCCC. The third-order valence-corrected chi connectivity index (χ3v) is 5.88. The predicted molar refractivity (Wildman–Crippen MR) is 106 cm³/mol. The minimum atomic E-state index is -0.512. The predicted octanol–water partition coefficient (Wildman–Crippen LogP) is 4.78. The van der Waals surface area contributed by atoms with Crippen molar-refractivity contribution < 1.29 is 19.3 Å². The molecule has 0 aromatic rings. The number of thioether (sulfide) groups is 1. The normalized spacial score (nSPS) is 26.4. The summed E-state index contributed by atoms with van der Waals surface area (Å²) in [5, 5.41) is 10.6. The summed E-state index contributed by atoms with van der Waals surface area (Å²) in [6.07, 6.45) is 10.1. The van der Waals surface area contributed by atoms with E-state index in [0.717, 1.165) is 32.5 Å². The van der Waals surface area contributed by atoms with E-state index >= 15 is 0 Å². The topological polar surface area (TPSA) is 47.9 Å². The van der Waals surface area contributed by atoms with Gasteiger partial charge in [-0.15, -0.1) is 11.8 Å². The third kappa shape index (κ3) is 9.62. The zero-order valence-corrected chi connectivity index (χ0v) is 17.4. The molecule has 1 saturated heterocycles. The maximum atomic E-state index is 10.4. The van der Waals surface area contributed by atoms with E-state index in [0.29, 0.717) is 13.2 Å². The largest absolute Gasteiger partial charge is 0.380 e. The van der Waals surface area contributed by atoms with E-state index in [1.54, 1.807) is 11.8 Å². The minimum absolute atomic E-state index is 0.0651. The molecule has 4 nitrogen and oxygen atoms in total. The van der Waals surface area contributed by atoms with Crippen molar-refractivity contribution in [3.8, 4) is 0 Å². The second-order valence-corrected chi connectivity index (χ2v) is 8.29. The van der Waals surface area contributed by atoms with Gasteiger partial charge >= 0.3 is 0 Å². The fourth-order valence-corrected chi connectivity index (χ4v) is 4.33. The molecule has 1 N–H and O–H groups in total. The number of ether oxygens (including phenoxy) is 3. The molecule has 0 aliphatic carbocycles. The first-order valence-corrected chi connectivity index (χ1v) is 11.3. The van der Waals surface area contributed by atoms with Crippen LogP contribution in [0.2, 0.25) is 0 Å². The molecule has 5 heteroatoms. The molecule has 1 unspecified atom stereocenters. The molecule has 1 aliphatic heterocycles. The summed E-state index contributed by atoms with van der Waals surface area (Å²) in [5.41, 5.74) is -0.512. The van der Waals surface area contributed by atoms with Gasteiger partial charge in [-0.05, 0) is 19.3 Å². The second kappa shape index (κ2) is 15.3. The Hall–Kier alpha value is 0.190. The van der Waals surface area contributed by atoms with Crippen LogP contribution in [0, 0.1) is 0 Å². The fourth-order valence-electron chi connectivity index (χ4n) is 3.02. The molecule has 1 aliphatic rings. The Labute approximate surface area is 159 Å². The van der Waals surface area contributed by atoms with Gasteiger partial charge in [0.25, 0.3) is 0 Å². The van der Waals surface area contributed by atoms with Gasteiger partial charge in [-0.1, -0.05) is 59.3 Å². The van der Waals surface area contributed by atoms with Crippen molar-refractivity contribution in [2.75, 3.05) is 26.4 Å².